The molecule has 0 bridgehead atoms. The Morgan fingerprint density at radius 2 is 2.03 bits per heavy atom. The van der Waals surface area contributed by atoms with E-state index in [9.17, 15) is 14.7 Å². The third-order valence-electron chi connectivity index (χ3n) is 4.73. The lowest BCUT2D eigenvalue weighted by Gasteiger charge is -2.24. The first-order valence-electron chi connectivity index (χ1n) is 9.13. The molecule has 1 saturated heterocycles. The minimum Gasteiger partial charge on any atom is -0.507 e. The number of amides is 1. The second kappa shape index (κ2) is 8.84. The van der Waals surface area contributed by atoms with Crippen LogP contribution < -0.4 is 4.74 Å². The molecule has 3 rings (SSSR count). The van der Waals surface area contributed by atoms with Crippen LogP contribution in [0, 0.1) is 0 Å². The average Bonchev–Trinajstić information content (AvgIpc) is 2.96. The molecule has 1 aliphatic rings. The van der Waals surface area contributed by atoms with Gasteiger partial charge in [0.05, 0.1) is 29.0 Å². The van der Waals surface area contributed by atoms with Crippen molar-refractivity contribution in [1.29, 1.82) is 0 Å². The molecule has 6 nitrogen and oxygen atoms in total. The number of aliphatic hydroxyl groups excluding tert-OH is 1. The van der Waals surface area contributed by atoms with Gasteiger partial charge in [-0.2, -0.15) is 0 Å². The van der Waals surface area contributed by atoms with E-state index in [1.807, 2.05) is 6.92 Å². The van der Waals surface area contributed by atoms with Crippen molar-refractivity contribution in [2.45, 2.75) is 25.8 Å². The van der Waals surface area contributed by atoms with Gasteiger partial charge in [-0.05, 0) is 30.7 Å². The molecule has 152 valence electrons. The van der Waals surface area contributed by atoms with Crippen molar-refractivity contribution in [1.82, 2.24) is 9.88 Å². The highest BCUT2D eigenvalue weighted by atomic mass is 35.5. The van der Waals surface area contributed by atoms with Crippen molar-refractivity contribution in [3.8, 4) is 5.75 Å². The molecule has 8 heteroatoms. The van der Waals surface area contributed by atoms with Gasteiger partial charge in [0, 0.05) is 17.8 Å². The quantitative estimate of drug-likeness (QED) is 0.407. The summed E-state index contributed by atoms with van der Waals surface area (Å²) in [5.41, 5.74) is 0.553. The number of aliphatic hydroxyl groups is 1. The maximum absolute atomic E-state index is 12.9. The summed E-state index contributed by atoms with van der Waals surface area (Å²) in [5, 5.41) is 11.5. The van der Waals surface area contributed by atoms with Crippen LogP contribution in [0.25, 0.3) is 5.76 Å². The summed E-state index contributed by atoms with van der Waals surface area (Å²) in [5.74, 6) is -1.71. The highest BCUT2D eigenvalue weighted by Crippen LogP contribution is 2.42. The molecule has 1 amide bonds. The van der Waals surface area contributed by atoms with E-state index in [1.165, 1.54) is 24.1 Å². The number of carbonyl (C=O) groups is 2. The second-order valence-corrected chi connectivity index (χ2v) is 7.41. The zero-order valence-corrected chi connectivity index (χ0v) is 17.5. The van der Waals surface area contributed by atoms with Crippen molar-refractivity contribution in [3.05, 3.63) is 63.4 Å². The number of Topliss-reactive ketones (excluding diaryl/α,β-unsaturated/α-hetero) is 1. The zero-order valence-electron chi connectivity index (χ0n) is 16.0. The molecular formula is C21H20Cl2N2O4. The topological polar surface area (TPSA) is 79.7 Å². The van der Waals surface area contributed by atoms with Gasteiger partial charge in [0.15, 0.2) is 0 Å². The monoisotopic (exact) mass is 434 g/mol. The summed E-state index contributed by atoms with van der Waals surface area (Å²) in [6, 6.07) is 7.31. The van der Waals surface area contributed by atoms with E-state index >= 15 is 0 Å². The maximum atomic E-state index is 12.9. The molecule has 0 radical (unpaired) electrons. The molecule has 29 heavy (non-hydrogen) atoms. The number of carbonyl (C=O) groups excluding carboxylic acids is 2. The summed E-state index contributed by atoms with van der Waals surface area (Å²) in [6.45, 7) is 2.36. The Hall–Kier alpha value is -2.57. The van der Waals surface area contributed by atoms with Crippen LogP contribution >= 0.6 is 23.2 Å². The van der Waals surface area contributed by atoms with E-state index in [4.69, 9.17) is 27.9 Å². The summed E-state index contributed by atoms with van der Waals surface area (Å²) in [7, 11) is 1.39. The molecular weight excluding hydrogens is 415 g/mol. The Morgan fingerprint density at radius 1 is 1.28 bits per heavy atom. The van der Waals surface area contributed by atoms with Crippen molar-refractivity contribution in [3.63, 3.8) is 0 Å². The number of hydrogen-bond acceptors (Lipinski definition) is 5. The Labute approximate surface area is 178 Å². The number of ether oxygens (including phenoxy) is 1. The lowest BCUT2D eigenvalue weighted by molar-refractivity contribution is -0.140. The number of halogens is 2. The maximum Gasteiger partial charge on any atom is 0.295 e. The van der Waals surface area contributed by atoms with Crippen LogP contribution in [0.1, 0.15) is 37.1 Å². The number of pyridine rings is 1. The van der Waals surface area contributed by atoms with Gasteiger partial charge >= 0.3 is 0 Å². The number of likely N-dealkylation sites (tertiary alicyclic amines) is 1. The van der Waals surface area contributed by atoms with Crippen LogP contribution in [0.5, 0.6) is 5.75 Å². The highest BCUT2D eigenvalue weighted by Gasteiger charge is 2.46. The fourth-order valence-corrected chi connectivity index (χ4v) is 3.94. The molecule has 1 aromatic heterocycles. The van der Waals surface area contributed by atoms with Gasteiger partial charge in [0.25, 0.3) is 11.7 Å². The Balaban J connectivity index is 2.24. The highest BCUT2D eigenvalue weighted by molar-refractivity contribution is 6.46. The minimum absolute atomic E-state index is 0.0681. The SMILES string of the molecule is CCCCN1C(=O)C(=O)/C(=C(/O)c2cc(Cl)cc(Cl)c2OC)C1c1ccccn1. The van der Waals surface area contributed by atoms with E-state index in [0.717, 1.165) is 6.42 Å². The summed E-state index contributed by atoms with van der Waals surface area (Å²) in [6.07, 6.45) is 3.13. The Morgan fingerprint density at radius 3 is 2.66 bits per heavy atom. The Bertz CT molecular complexity index is 976. The summed E-state index contributed by atoms with van der Waals surface area (Å²) < 4.78 is 5.30. The number of aromatic nitrogens is 1. The van der Waals surface area contributed by atoms with Crippen LogP contribution in [-0.2, 0) is 9.59 Å². The largest absolute Gasteiger partial charge is 0.507 e. The normalized spacial score (nSPS) is 18.3. The fraction of sp³-hybridized carbons (Fsp3) is 0.286. The third kappa shape index (κ3) is 3.95. The molecule has 2 aromatic rings. The number of methoxy groups -OCH3 is 1. The number of benzene rings is 1. The molecule has 1 fully saturated rings. The van der Waals surface area contributed by atoms with Crippen molar-refractivity contribution < 1.29 is 19.4 Å². The second-order valence-electron chi connectivity index (χ2n) is 6.57. The first-order chi connectivity index (χ1) is 13.9. The summed E-state index contributed by atoms with van der Waals surface area (Å²) >= 11 is 12.3. The van der Waals surface area contributed by atoms with Gasteiger partial charge in [0.1, 0.15) is 17.6 Å². The van der Waals surface area contributed by atoms with Crippen molar-refractivity contribution >= 4 is 40.7 Å². The zero-order chi connectivity index (χ0) is 21.1. The lowest BCUT2D eigenvalue weighted by atomic mass is 9.97. The molecule has 2 heterocycles. The van der Waals surface area contributed by atoms with Crippen molar-refractivity contribution in [2.24, 2.45) is 0 Å². The van der Waals surface area contributed by atoms with Crippen molar-refractivity contribution in [2.75, 3.05) is 13.7 Å². The van der Waals surface area contributed by atoms with Crippen LogP contribution in [0.4, 0.5) is 0 Å². The summed E-state index contributed by atoms with van der Waals surface area (Å²) in [4.78, 5) is 31.4. The minimum atomic E-state index is -0.815. The van der Waals surface area contributed by atoms with E-state index < -0.39 is 23.5 Å². The molecule has 0 aliphatic carbocycles. The van der Waals surface area contributed by atoms with Gasteiger partial charge in [0.2, 0.25) is 0 Å². The van der Waals surface area contributed by atoms with Crippen LogP contribution in [0.2, 0.25) is 10.0 Å². The number of rotatable bonds is 6. The third-order valence-corrected chi connectivity index (χ3v) is 5.23. The van der Waals surface area contributed by atoms with Crippen LogP contribution in [0.3, 0.4) is 0 Å². The lowest BCUT2D eigenvalue weighted by Crippen LogP contribution is -2.31. The molecule has 0 spiro atoms. The van der Waals surface area contributed by atoms with Gasteiger partial charge in [-0.1, -0.05) is 42.6 Å². The predicted octanol–water partition coefficient (Wildman–Crippen LogP) is 4.62. The molecule has 1 aliphatic heterocycles. The van der Waals surface area contributed by atoms with E-state index in [-0.39, 0.29) is 26.9 Å². The van der Waals surface area contributed by atoms with Gasteiger partial charge < -0.3 is 14.7 Å². The number of nitrogens with zero attached hydrogens (tertiary/aromatic N) is 2. The van der Waals surface area contributed by atoms with Crippen LogP contribution in [0.15, 0.2) is 42.1 Å². The van der Waals surface area contributed by atoms with Gasteiger partial charge in [-0.3, -0.25) is 14.6 Å². The first kappa shape index (κ1) is 21.1. The van der Waals surface area contributed by atoms with Crippen LogP contribution in [-0.4, -0.2) is 40.3 Å². The first-order valence-corrected chi connectivity index (χ1v) is 9.89. The number of ketones is 1. The van der Waals surface area contributed by atoms with Gasteiger partial charge in [-0.15, -0.1) is 0 Å². The fourth-order valence-electron chi connectivity index (χ4n) is 3.37. The smallest absolute Gasteiger partial charge is 0.295 e. The predicted molar refractivity (Wildman–Crippen MR) is 111 cm³/mol. The molecule has 1 unspecified atom stereocenters. The van der Waals surface area contributed by atoms with E-state index in [2.05, 4.69) is 4.98 Å². The Kier molecular flexibility index (Phi) is 6.45. The van der Waals surface area contributed by atoms with E-state index in [0.29, 0.717) is 18.7 Å². The molecule has 1 aromatic carbocycles. The molecule has 0 saturated carbocycles. The number of unbranched alkanes of at least 4 members (excludes halogenated alkanes) is 1. The number of hydrogen-bond donors (Lipinski definition) is 1. The van der Waals surface area contributed by atoms with E-state index in [1.54, 1.807) is 24.4 Å². The molecule has 1 atom stereocenters. The standard InChI is InChI=1S/C21H20Cl2N2O4/c1-3-4-9-25-17(15-7-5-6-8-24-15)16(19(27)21(25)28)18(26)13-10-12(22)11-14(23)20(13)29-2/h5-8,10-11,17,26H,3-4,9H2,1-2H3/b18-16+. The molecule has 1 N–H and O–H groups in total. The average molecular weight is 435 g/mol. The van der Waals surface area contributed by atoms with Gasteiger partial charge in [-0.25, -0.2) is 0 Å².